The molecule has 2 heterocycles. The first-order valence-electron chi connectivity index (χ1n) is 7.10. The number of aromatic nitrogens is 2. The van der Waals surface area contributed by atoms with Gasteiger partial charge in [-0.05, 0) is 25.0 Å². The quantitative estimate of drug-likeness (QED) is 0.860. The molecule has 0 bridgehead atoms. The average Bonchev–Trinajstić information content (AvgIpc) is 2.83. The highest BCUT2D eigenvalue weighted by Gasteiger charge is 2.12. The van der Waals surface area contributed by atoms with Gasteiger partial charge in [0.15, 0.2) is 0 Å². The summed E-state index contributed by atoms with van der Waals surface area (Å²) in [7, 11) is 0. The molecule has 0 aliphatic rings. The minimum absolute atomic E-state index is 0.00973. The first kappa shape index (κ1) is 15.8. The highest BCUT2D eigenvalue weighted by atomic mass is 35.5. The summed E-state index contributed by atoms with van der Waals surface area (Å²) in [6.45, 7) is 7.22. The van der Waals surface area contributed by atoms with Crippen molar-refractivity contribution >= 4 is 23.2 Å². The lowest BCUT2D eigenvalue weighted by Gasteiger charge is -2.14. The van der Waals surface area contributed by atoms with Crippen LogP contribution in [0.2, 0.25) is 5.02 Å². The van der Waals surface area contributed by atoms with Gasteiger partial charge in [-0.1, -0.05) is 25.4 Å². The fraction of sp³-hybridized carbons (Fsp3) is 0.467. The number of nitrogens with zero attached hydrogens (tertiary/aromatic N) is 2. The Hall–Kier alpha value is -1.59. The van der Waals surface area contributed by atoms with E-state index in [4.69, 9.17) is 11.6 Å². The van der Waals surface area contributed by atoms with Gasteiger partial charge in [0.1, 0.15) is 5.65 Å². The van der Waals surface area contributed by atoms with Crippen LogP contribution in [0, 0.1) is 5.92 Å². The number of hydrogen-bond acceptors (Lipinski definition) is 3. The van der Waals surface area contributed by atoms with Crippen LogP contribution in [0.25, 0.3) is 5.65 Å². The normalized spacial score (nSPS) is 12.8. The van der Waals surface area contributed by atoms with E-state index in [1.807, 2.05) is 35.9 Å². The summed E-state index contributed by atoms with van der Waals surface area (Å²) < 4.78 is 1.88. The molecule has 1 atom stereocenters. The van der Waals surface area contributed by atoms with E-state index in [1.54, 1.807) is 0 Å². The lowest BCUT2D eigenvalue weighted by molar-refractivity contribution is -0.122. The van der Waals surface area contributed by atoms with Crippen molar-refractivity contribution in [1.29, 1.82) is 0 Å². The van der Waals surface area contributed by atoms with E-state index >= 15 is 0 Å². The van der Waals surface area contributed by atoms with Crippen LogP contribution in [0.1, 0.15) is 26.5 Å². The van der Waals surface area contributed by atoms with Gasteiger partial charge >= 0.3 is 0 Å². The van der Waals surface area contributed by atoms with Gasteiger partial charge < -0.3 is 15.0 Å². The fourth-order valence-electron chi connectivity index (χ4n) is 1.91. The molecule has 0 radical (unpaired) electrons. The van der Waals surface area contributed by atoms with Crippen LogP contribution in [0.4, 0.5) is 0 Å². The van der Waals surface area contributed by atoms with E-state index in [2.05, 4.69) is 29.5 Å². The molecule has 1 unspecified atom stereocenters. The first-order valence-corrected chi connectivity index (χ1v) is 7.47. The van der Waals surface area contributed by atoms with Gasteiger partial charge in [-0.3, -0.25) is 4.79 Å². The van der Waals surface area contributed by atoms with Crippen LogP contribution in [0.3, 0.4) is 0 Å². The summed E-state index contributed by atoms with van der Waals surface area (Å²) in [5, 5.41) is 6.75. The number of nitrogens with one attached hydrogen (secondary N) is 2. The Kier molecular flexibility index (Phi) is 5.20. The molecule has 0 saturated heterocycles. The molecule has 21 heavy (non-hydrogen) atoms. The predicted molar refractivity (Wildman–Crippen MR) is 84.4 cm³/mol. The number of carbonyl (C=O) groups is 1. The van der Waals surface area contributed by atoms with Crippen LogP contribution in [0.15, 0.2) is 24.5 Å². The monoisotopic (exact) mass is 308 g/mol. The summed E-state index contributed by atoms with van der Waals surface area (Å²) in [4.78, 5) is 16.3. The minimum atomic E-state index is -0.253. The van der Waals surface area contributed by atoms with Crippen LogP contribution in [0.5, 0.6) is 0 Å². The number of amides is 1. The zero-order valence-corrected chi connectivity index (χ0v) is 13.3. The highest BCUT2D eigenvalue weighted by molar-refractivity contribution is 6.30. The maximum absolute atomic E-state index is 11.9. The van der Waals surface area contributed by atoms with Crippen LogP contribution in [-0.4, -0.2) is 27.9 Å². The summed E-state index contributed by atoms with van der Waals surface area (Å²) in [6.07, 6.45) is 3.72. The molecule has 1 amide bonds. The van der Waals surface area contributed by atoms with E-state index in [0.717, 1.165) is 11.3 Å². The lowest BCUT2D eigenvalue weighted by atomic mass is 10.2. The van der Waals surface area contributed by atoms with E-state index in [9.17, 15) is 4.79 Å². The van der Waals surface area contributed by atoms with Crippen LogP contribution < -0.4 is 10.6 Å². The van der Waals surface area contributed by atoms with Crippen molar-refractivity contribution < 1.29 is 4.79 Å². The van der Waals surface area contributed by atoms with Gasteiger partial charge in [0.25, 0.3) is 0 Å². The zero-order chi connectivity index (χ0) is 15.4. The third-order valence-corrected chi connectivity index (χ3v) is 3.36. The van der Waals surface area contributed by atoms with Crippen molar-refractivity contribution in [3.05, 3.63) is 35.2 Å². The first-order chi connectivity index (χ1) is 9.95. The Balaban J connectivity index is 1.90. The Morgan fingerprint density at radius 1 is 1.33 bits per heavy atom. The topological polar surface area (TPSA) is 58.4 Å². The molecule has 0 aliphatic carbocycles. The third kappa shape index (κ3) is 4.44. The molecule has 5 nitrogen and oxygen atoms in total. The van der Waals surface area contributed by atoms with Crippen molar-refractivity contribution in [2.24, 2.45) is 5.92 Å². The van der Waals surface area contributed by atoms with Crippen molar-refractivity contribution in [2.45, 2.75) is 33.4 Å². The van der Waals surface area contributed by atoms with E-state index in [1.165, 1.54) is 0 Å². The summed E-state index contributed by atoms with van der Waals surface area (Å²) in [5.41, 5.74) is 1.72. The molecular formula is C15H21ClN4O. The summed E-state index contributed by atoms with van der Waals surface area (Å²) in [6, 6.07) is 3.42. The largest absolute Gasteiger partial charge is 0.354 e. The van der Waals surface area contributed by atoms with E-state index in [-0.39, 0.29) is 11.9 Å². The van der Waals surface area contributed by atoms with Gasteiger partial charge in [0.05, 0.1) is 16.8 Å². The van der Waals surface area contributed by atoms with Crippen LogP contribution in [-0.2, 0) is 11.3 Å². The average molecular weight is 309 g/mol. The molecule has 0 aromatic carbocycles. The number of imidazole rings is 1. The molecule has 0 fully saturated rings. The maximum atomic E-state index is 11.9. The Labute approximate surface area is 129 Å². The number of halogens is 1. The van der Waals surface area contributed by atoms with Crippen molar-refractivity contribution in [3.63, 3.8) is 0 Å². The second-order valence-corrected chi connectivity index (χ2v) is 6.02. The van der Waals surface area contributed by atoms with Crippen molar-refractivity contribution in [3.8, 4) is 0 Å². The zero-order valence-electron chi connectivity index (χ0n) is 12.6. The molecule has 2 N–H and O–H groups in total. The summed E-state index contributed by atoms with van der Waals surface area (Å²) in [5.74, 6) is 0.458. The Morgan fingerprint density at radius 2 is 2.10 bits per heavy atom. The molecule has 114 valence electrons. The van der Waals surface area contributed by atoms with Crippen molar-refractivity contribution in [1.82, 2.24) is 20.0 Å². The third-order valence-electron chi connectivity index (χ3n) is 3.13. The minimum Gasteiger partial charge on any atom is -0.354 e. The van der Waals surface area contributed by atoms with Crippen molar-refractivity contribution in [2.75, 3.05) is 6.54 Å². The highest BCUT2D eigenvalue weighted by Crippen LogP contribution is 2.11. The van der Waals surface area contributed by atoms with E-state index in [0.29, 0.717) is 24.0 Å². The smallest absolute Gasteiger partial charge is 0.236 e. The molecular weight excluding hydrogens is 288 g/mol. The number of rotatable bonds is 6. The molecule has 2 rings (SSSR count). The predicted octanol–water partition coefficient (Wildman–Crippen LogP) is 2.24. The molecule has 0 aliphatic heterocycles. The number of hydrogen-bond donors (Lipinski definition) is 2. The van der Waals surface area contributed by atoms with Gasteiger partial charge in [0, 0.05) is 25.5 Å². The molecule has 0 spiro atoms. The van der Waals surface area contributed by atoms with Crippen LogP contribution >= 0.6 is 11.6 Å². The molecule has 6 heteroatoms. The van der Waals surface area contributed by atoms with Gasteiger partial charge in [-0.2, -0.15) is 0 Å². The molecule has 2 aromatic rings. The molecule has 0 saturated carbocycles. The summed E-state index contributed by atoms with van der Waals surface area (Å²) >= 11 is 5.94. The van der Waals surface area contributed by atoms with E-state index < -0.39 is 0 Å². The Bertz CT molecular complexity index is 623. The van der Waals surface area contributed by atoms with Gasteiger partial charge in [-0.25, -0.2) is 4.98 Å². The molecule has 2 aromatic heterocycles. The lowest BCUT2D eigenvalue weighted by Crippen LogP contribution is -2.43. The maximum Gasteiger partial charge on any atom is 0.236 e. The van der Waals surface area contributed by atoms with Gasteiger partial charge in [0.2, 0.25) is 5.91 Å². The number of fused-ring (bicyclic) bond motifs is 1. The number of carbonyl (C=O) groups excluding carboxylic acids is 1. The second kappa shape index (κ2) is 6.91. The standard InChI is InChI=1S/C15H21ClN4O/c1-10(2)6-18-15(21)11(3)17-7-13-9-20-8-12(16)4-5-14(20)19-13/h4-5,8-11,17H,6-7H2,1-3H3,(H,18,21). The Morgan fingerprint density at radius 3 is 2.81 bits per heavy atom. The second-order valence-electron chi connectivity index (χ2n) is 5.59. The SMILES string of the molecule is CC(C)CNC(=O)C(C)NCc1cn2cc(Cl)ccc2n1. The number of pyridine rings is 1. The fourth-order valence-corrected chi connectivity index (χ4v) is 2.08. The van der Waals surface area contributed by atoms with Gasteiger partial charge in [-0.15, -0.1) is 0 Å².